The molecule has 0 N–H and O–H groups in total. The van der Waals surface area contributed by atoms with Crippen LogP contribution in [-0.2, 0) is 0 Å². The summed E-state index contributed by atoms with van der Waals surface area (Å²) in [5.74, 6) is 4.21. The smallest absolute Gasteiger partial charge is 0 e. The molecular weight excluding hydrogens is 240 g/mol. The molecule has 118 valence electrons. The summed E-state index contributed by atoms with van der Waals surface area (Å²) in [6.45, 7) is 4.96. The first kappa shape index (κ1) is 14.9. The van der Waals surface area contributed by atoms with Crippen LogP contribution in [0.5, 0.6) is 0 Å². The largest absolute Gasteiger partial charge is 0.0625 e. The molecule has 0 amide bonds. The summed E-state index contributed by atoms with van der Waals surface area (Å²) in [5.41, 5.74) is 0.790. The van der Waals surface area contributed by atoms with Crippen LogP contribution in [0.15, 0.2) is 0 Å². The molecule has 0 nitrogen and oxygen atoms in total. The second-order valence-electron chi connectivity index (χ2n) is 8.71. The topological polar surface area (TPSA) is 0 Å². The fraction of sp³-hybridized carbons (Fsp3) is 1.00. The maximum absolute atomic E-state index is 2.48. The first-order valence-corrected chi connectivity index (χ1v) is 9.71. The fourth-order valence-electron chi connectivity index (χ4n) is 6.03. The highest BCUT2D eigenvalue weighted by molar-refractivity contribution is 4.96. The van der Waals surface area contributed by atoms with E-state index < -0.39 is 0 Å². The van der Waals surface area contributed by atoms with Crippen molar-refractivity contribution < 1.29 is 1.43 Å². The summed E-state index contributed by atoms with van der Waals surface area (Å²) >= 11 is 0. The van der Waals surface area contributed by atoms with E-state index in [-0.39, 0.29) is 1.43 Å². The lowest BCUT2D eigenvalue weighted by Crippen LogP contribution is -2.42. The van der Waals surface area contributed by atoms with Crippen molar-refractivity contribution in [3.05, 3.63) is 0 Å². The third-order valence-electron chi connectivity index (χ3n) is 7.44. The van der Waals surface area contributed by atoms with Gasteiger partial charge in [-0.3, -0.25) is 0 Å². The van der Waals surface area contributed by atoms with E-state index in [9.17, 15) is 0 Å². The van der Waals surface area contributed by atoms with Crippen LogP contribution in [0.1, 0.15) is 98.7 Å². The van der Waals surface area contributed by atoms with Gasteiger partial charge in [0, 0.05) is 1.43 Å². The van der Waals surface area contributed by atoms with Gasteiger partial charge in [-0.05, 0) is 67.6 Å². The molecule has 0 aromatic rings. The summed E-state index contributed by atoms with van der Waals surface area (Å²) in [5, 5.41) is 0. The lowest BCUT2D eigenvalue weighted by Gasteiger charge is -2.53. The van der Waals surface area contributed by atoms with Crippen molar-refractivity contribution in [2.75, 3.05) is 0 Å². The van der Waals surface area contributed by atoms with Crippen LogP contribution < -0.4 is 0 Å². The molecule has 3 rings (SSSR count). The zero-order chi connectivity index (χ0) is 14.0. The molecule has 3 saturated carbocycles. The third kappa shape index (κ3) is 2.95. The van der Waals surface area contributed by atoms with Gasteiger partial charge in [0.2, 0.25) is 0 Å². The molecule has 20 heavy (non-hydrogen) atoms. The van der Waals surface area contributed by atoms with Crippen LogP contribution >= 0.6 is 0 Å². The molecule has 0 heteroatoms. The molecule has 0 radical (unpaired) electrons. The van der Waals surface area contributed by atoms with Gasteiger partial charge in [0.1, 0.15) is 0 Å². The van der Waals surface area contributed by atoms with E-state index in [1.165, 1.54) is 44.9 Å². The highest BCUT2D eigenvalue weighted by atomic mass is 14.5. The average molecular weight is 279 g/mol. The van der Waals surface area contributed by atoms with Crippen molar-refractivity contribution >= 4 is 0 Å². The van der Waals surface area contributed by atoms with Crippen LogP contribution in [0.25, 0.3) is 0 Å². The quantitative estimate of drug-likeness (QED) is 0.519. The normalized spacial score (nSPS) is 42.3. The summed E-state index contributed by atoms with van der Waals surface area (Å²) in [6, 6.07) is 0. The lowest BCUT2D eigenvalue weighted by molar-refractivity contribution is -0.0228. The Kier molecular flexibility index (Phi) is 4.78. The van der Waals surface area contributed by atoms with Crippen molar-refractivity contribution in [2.24, 2.45) is 29.1 Å². The van der Waals surface area contributed by atoms with Crippen molar-refractivity contribution in [3.63, 3.8) is 0 Å². The highest BCUT2D eigenvalue weighted by Gasteiger charge is 2.46. The number of rotatable bonds is 2. The second kappa shape index (κ2) is 6.41. The Morgan fingerprint density at radius 2 is 1.00 bits per heavy atom. The summed E-state index contributed by atoms with van der Waals surface area (Å²) in [7, 11) is 0. The van der Waals surface area contributed by atoms with E-state index in [0.717, 1.165) is 29.1 Å². The number of hydrogen-bond acceptors (Lipinski definition) is 0. The SMILES string of the molecule is CC1CCC(C2(C3CCC(C)CC3)CCCCC2)CC1.[HH]. The zero-order valence-electron chi connectivity index (χ0n) is 14.0. The molecule has 0 heterocycles. The van der Waals surface area contributed by atoms with Crippen LogP contribution in [0, 0.1) is 29.1 Å². The van der Waals surface area contributed by atoms with E-state index >= 15 is 0 Å². The van der Waals surface area contributed by atoms with Gasteiger partial charge < -0.3 is 0 Å². The van der Waals surface area contributed by atoms with Crippen LogP contribution in [-0.4, -0.2) is 0 Å². The third-order valence-corrected chi connectivity index (χ3v) is 7.44. The Hall–Kier alpha value is 0. The van der Waals surface area contributed by atoms with Crippen LogP contribution in [0.4, 0.5) is 0 Å². The highest BCUT2D eigenvalue weighted by Crippen LogP contribution is 2.57. The van der Waals surface area contributed by atoms with Crippen molar-refractivity contribution in [1.29, 1.82) is 0 Å². The molecule has 0 aliphatic heterocycles. The summed E-state index contributed by atoms with van der Waals surface area (Å²) in [6.07, 6.45) is 20.1. The minimum atomic E-state index is 0. The van der Waals surface area contributed by atoms with Gasteiger partial charge in [-0.15, -0.1) is 0 Å². The van der Waals surface area contributed by atoms with E-state index in [0.29, 0.717) is 0 Å². The van der Waals surface area contributed by atoms with Crippen LogP contribution in [0.2, 0.25) is 0 Å². The molecule has 3 aliphatic carbocycles. The first-order chi connectivity index (χ1) is 9.71. The fourth-order valence-corrected chi connectivity index (χ4v) is 6.03. The van der Waals surface area contributed by atoms with Crippen LogP contribution in [0.3, 0.4) is 0 Å². The second-order valence-corrected chi connectivity index (χ2v) is 8.71. The predicted octanol–water partition coefficient (Wildman–Crippen LogP) is 6.84. The molecule has 0 saturated heterocycles. The maximum Gasteiger partial charge on any atom is 0 e. The molecule has 3 aliphatic rings. The molecule has 0 bridgehead atoms. The monoisotopic (exact) mass is 278 g/mol. The van der Waals surface area contributed by atoms with E-state index in [1.54, 1.807) is 38.5 Å². The molecule has 0 spiro atoms. The summed E-state index contributed by atoms with van der Waals surface area (Å²) in [4.78, 5) is 0. The van der Waals surface area contributed by atoms with Crippen molar-refractivity contribution in [3.8, 4) is 0 Å². The van der Waals surface area contributed by atoms with E-state index in [1.807, 2.05) is 0 Å². The minimum Gasteiger partial charge on any atom is -0.0625 e. The van der Waals surface area contributed by atoms with Crippen molar-refractivity contribution in [1.82, 2.24) is 0 Å². The van der Waals surface area contributed by atoms with Gasteiger partial charge in [-0.2, -0.15) is 0 Å². The molecular formula is C20H38. The van der Waals surface area contributed by atoms with Gasteiger partial charge in [-0.25, -0.2) is 0 Å². The van der Waals surface area contributed by atoms with Gasteiger partial charge in [-0.1, -0.05) is 58.8 Å². The lowest BCUT2D eigenvalue weighted by atomic mass is 9.52. The minimum absolute atomic E-state index is 0. The Morgan fingerprint density at radius 1 is 0.600 bits per heavy atom. The van der Waals surface area contributed by atoms with Gasteiger partial charge >= 0.3 is 0 Å². The predicted molar refractivity (Wildman–Crippen MR) is 89.9 cm³/mol. The van der Waals surface area contributed by atoms with Gasteiger partial charge in [0.05, 0.1) is 0 Å². The average Bonchev–Trinajstić information content (AvgIpc) is 2.49. The molecule has 3 fully saturated rings. The number of hydrogen-bond donors (Lipinski definition) is 0. The molecule has 0 aromatic heterocycles. The Bertz CT molecular complexity index is 265. The van der Waals surface area contributed by atoms with E-state index in [2.05, 4.69) is 13.8 Å². The standard InChI is InChI=1S/C20H36.H2/c1-16-6-10-18(11-7-16)20(14-4-3-5-15-20)19-12-8-17(2)9-13-19;/h16-19H,3-15H2,1-2H3;1H. The maximum atomic E-state index is 2.48. The molecule has 0 aromatic carbocycles. The van der Waals surface area contributed by atoms with Gasteiger partial charge in [0.25, 0.3) is 0 Å². The molecule has 0 unspecified atom stereocenters. The molecule has 0 atom stereocenters. The summed E-state index contributed by atoms with van der Waals surface area (Å²) < 4.78 is 0. The Labute approximate surface area is 128 Å². The van der Waals surface area contributed by atoms with Gasteiger partial charge in [0.15, 0.2) is 0 Å². The van der Waals surface area contributed by atoms with E-state index in [4.69, 9.17) is 0 Å². The zero-order valence-corrected chi connectivity index (χ0v) is 14.0. The Balaban J connectivity index is 0.00000161. The Morgan fingerprint density at radius 3 is 1.40 bits per heavy atom. The first-order valence-electron chi connectivity index (χ1n) is 9.71. The van der Waals surface area contributed by atoms with Crippen molar-refractivity contribution in [2.45, 2.75) is 97.3 Å².